The topological polar surface area (TPSA) is 227 Å². The van der Waals surface area contributed by atoms with Gasteiger partial charge in [-0.3, -0.25) is 4.55 Å². The molecule has 9 rings (SSSR count). The molecule has 3 heterocycles. The van der Waals surface area contributed by atoms with Crippen molar-refractivity contribution in [3.05, 3.63) is 159 Å². The Balaban J connectivity index is 1.52. The van der Waals surface area contributed by atoms with Crippen molar-refractivity contribution in [1.29, 1.82) is 0 Å². The van der Waals surface area contributed by atoms with Crippen molar-refractivity contribution in [1.82, 2.24) is 0 Å². The van der Waals surface area contributed by atoms with Gasteiger partial charge in [0.15, 0.2) is 11.5 Å². The second-order valence-corrected chi connectivity index (χ2v) is 14.8. The van der Waals surface area contributed by atoms with Crippen molar-refractivity contribution in [2.24, 2.45) is 4.99 Å². The molecule has 7 N–H and O–H groups in total. The maximum absolute atomic E-state index is 14.0. The summed E-state index contributed by atoms with van der Waals surface area (Å²) in [5.74, 6) is -2.81. The Morgan fingerprint density at radius 1 is 0.672 bits per heavy atom. The summed E-state index contributed by atoms with van der Waals surface area (Å²) in [4.78, 5) is 20.4. The van der Waals surface area contributed by atoms with Crippen molar-refractivity contribution >= 4 is 38.9 Å². The van der Waals surface area contributed by atoms with Crippen LogP contribution in [0.4, 0.5) is 11.4 Å². The summed E-state index contributed by atoms with van der Waals surface area (Å²) in [5.41, 5.74) is 0.316. The van der Waals surface area contributed by atoms with E-state index in [-0.39, 0.29) is 91.2 Å². The Bertz CT molecular complexity index is 3100. The average molecular weight is 799 g/mol. The summed E-state index contributed by atoms with van der Waals surface area (Å²) in [6.45, 7) is 0.0146. The van der Waals surface area contributed by atoms with Crippen LogP contribution >= 0.6 is 0 Å². The number of aliphatic hydroxyl groups is 1. The zero-order valence-corrected chi connectivity index (χ0v) is 30.7. The Kier molecular flexibility index (Phi) is 8.13. The zero-order valence-electron chi connectivity index (χ0n) is 29.9. The first-order valence-corrected chi connectivity index (χ1v) is 19.0. The monoisotopic (exact) mass is 798 g/mol. The highest BCUT2D eigenvalue weighted by Crippen LogP contribution is 2.57. The molecule has 0 saturated heterocycles. The molecule has 15 heteroatoms. The number of fused-ring (bicyclic) bond motifs is 4. The van der Waals surface area contributed by atoms with Crippen LogP contribution in [0.2, 0.25) is 0 Å². The van der Waals surface area contributed by atoms with Crippen LogP contribution in [0.5, 0.6) is 34.5 Å². The fraction of sp³-hybridized carbons (Fsp3) is 0.0698. The smallest absolute Gasteiger partial charge is 0.446 e. The molecule has 58 heavy (non-hydrogen) atoms. The van der Waals surface area contributed by atoms with Gasteiger partial charge in [0.25, 0.3) is 0 Å². The Labute approximate surface area is 328 Å². The van der Waals surface area contributed by atoms with Crippen molar-refractivity contribution in [2.45, 2.75) is 12.1 Å². The Hall–Kier alpha value is -7.49. The predicted molar refractivity (Wildman–Crippen MR) is 208 cm³/mol. The molecule has 0 saturated carbocycles. The first-order chi connectivity index (χ1) is 27.7. The lowest BCUT2D eigenvalue weighted by atomic mass is 9.85. The molecule has 0 aromatic heterocycles. The number of phenols is 5. The van der Waals surface area contributed by atoms with Gasteiger partial charge in [0.2, 0.25) is 11.5 Å². The molecule has 0 bridgehead atoms. The minimum absolute atomic E-state index is 0.0146. The third-order valence-electron chi connectivity index (χ3n) is 10.4. The molecule has 3 aliphatic heterocycles. The van der Waals surface area contributed by atoms with E-state index in [1.54, 1.807) is 47.4 Å². The van der Waals surface area contributed by atoms with Gasteiger partial charge < -0.3 is 44.5 Å². The van der Waals surface area contributed by atoms with Crippen LogP contribution in [-0.2, 0) is 26.4 Å². The minimum Gasteiger partial charge on any atom is -0.508 e. The minimum atomic E-state index is -5.05. The fourth-order valence-corrected chi connectivity index (χ4v) is 8.42. The summed E-state index contributed by atoms with van der Waals surface area (Å²) in [6.07, 6.45) is 0.242. The molecule has 290 valence electrons. The standard InChI is InChI=1S/C43H30N2O12S/c46-26-12-4-22(5-13-26)20-21-45-39-32(23-6-14-27(47)15-7-23)40(50)38-33(30-2-1-3-31(37(30)44-38)57-58(53,54)55)34(39)35(24-8-16-28(48)17-9-24)43(45)36(41(51)42(52)56-43)25-10-18-29(49)19-11-25/h1-19,46-51H,20-21H2,(H,53,54,55). The van der Waals surface area contributed by atoms with Crippen molar-refractivity contribution < 1.29 is 57.3 Å². The second-order valence-electron chi connectivity index (χ2n) is 13.8. The average Bonchev–Trinajstić information content (AvgIpc) is 3.79. The number of aliphatic hydroxyl groups excluding tert-OH is 1. The lowest BCUT2D eigenvalue weighted by molar-refractivity contribution is -0.144. The highest BCUT2D eigenvalue weighted by Gasteiger charge is 2.60. The molecule has 0 aliphatic carbocycles. The van der Waals surface area contributed by atoms with Crippen LogP contribution in [0, 0.1) is 10.4 Å². The van der Waals surface area contributed by atoms with E-state index < -0.39 is 33.6 Å². The zero-order chi connectivity index (χ0) is 40.7. The van der Waals surface area contributed by atoms with E-state index in [9.17, 15) is 48.4 Å². The fourth-order valence-electron chi connectivity index (χ4n) is 8.05. The summed E-state index contributed by atoms with van der Waals surface area (Å²) in [5, 5.41) is 66.3. The number of esters is 1. The molecule has 6 aromatic carbocycles. The molecule has 1 spiro atoms. The quantitative estimate of drug-likeness (QED) is 0.0786. The molecule has 0 amide bonds. The van der Waals surface area contributed by atoms with Crippen molar-refractivity contribution in [3.8, 4) is 45.6 Å². The van der Waals surface area contributed by atoms with Gasteiger partial charge in [-0.25, -0.2) is 9.79 Å². The van der Waals surface area contributed by atoms with E-state index in [1.165, 1.54) is 72.8 Å². The van der Waals surface area contributed by atoms with Gasteiger partial charge >= 0.3 is 16.4 Å². The second kappa shape index (κ2) is 13.0. The molecule has 0 radical (unpaired) electrons. The summed E-state index contributed by atoms with van der Waals surface area (Å²) < 4.78 is 45.2. The molecule has 1 unspecified atom stereocenters. The molecular weight excluding hydrogens is 769 g/mol. The Morgan fingerprint density at radius 2 is 1.21 bits per heavy atom. The van der Waals surface area contributed by atoms with Gasteiger partial charge in [0.1, 0.15) is 34.0 Å². The van der Waals surface area contributed by atoms with E-state index in [0.717, 1.165) is 5.56 Å². The van der Waals surface area contributed by atoms with Gasteiger partial charge in [0, 0.05) is 33.3 Å². The number of anilines is 1. The van der Waals surface area contributed by atoms with Gasteiger partial charge in [-0.15, -0.1) is 0 Å². The molecule has 14 nitrogen and oxygen atoms in total. The first kappa shape index (κ1) is 36.2. The van der Waals surface area contributed by atoms with Crippen LogP contribution in [0.1, 0.15) is 16.7 Å². The normalized spacial score (nSPS) is 16.6. The SMILES string of the molecule is O=C1OC2(C(c3ccc(O)cc3)=C1O)C(c1ccc(O)cc1)=c1c(c(-c3ccc(O)cc3)c(O)c3c1=c1cccc(OS(=O)(=O)O)c1=N3)N2CCc1ccc(O)cc1. The number of carbonyl (C=O) groups is 1. The molecule has 3 aliphatic rings. The van der Waals surface area contributed by atoms with Crippen LogP contribution in [0.25, 0.3) is 22.3 Å². The lowest BCUT2D eigenvalue weighted by Crippen LogP contribution is -2.50. The van der Waals surface area contributed by atoms with Crippen LogP contribution in [0.15, 0.2) is 126 Å². The number of phenolic OH excluding ortho intramolecular Hbond substituents is 5. The highest BCUT2D eigenvalue weighted by atomic mass is 32.3. The van der Waals surface area contributed by atoms with Crippen LogP contribution < -0.4 is 19.7 Å². The van der Waals surface area contributed by atoms with E-state index in [4.69, 9.17) is 8.92 Å². The molecular formula is C43H30N2O12S. The van der Waals surface area contributed by atoms with E-state index in [1.807, 2.05) is 0 Å². The Morgan fingerprint density at radius 3 is 1.78 bits per heavy atom. The number of carbonyl (C=O) groups excluding carboxylic acids is 1. The van der Waals surface area contributed by atoms with Crippen LogP contribution in [0.3, 0.4) is 0 Å². The van der Waals surface area contributed by atoms with Crippen molar-refractivity contribution in [3.63, 3.8) is 0 Å². The number of nitrogens with zero attached hydrogens (tertiary/aromatic N) is 2. The summed E-state index contributed by atoms with van der Waals surface area (Å²) in [7, 11) is -5.05. The lowest BCUT2D eigenvalue weighted by Gasteiger charge is -2.41. The van der Waals surface area contributed by atoms with E-state index >= 15 is 0 Å². The predicted octanol–water partition coefficient (Wildman–Crippen LogP) is 5.10. The largest absolute Gasteiger partial charge is 0.508 e. The van der Waals surface area contributed by atoms with Gasteiger partial charge in [-0.1, -0.05) is 60.7 Å². The van der Waals surface area contributed by atoms with Crippen LogP contribution in [-0.4, -0.2) is 61.8 Å². The number of benzene rings is 6. The first-order valence-electron chi connectivity index (χ1n) is 17.7. The number of para-hydroxylation sites is 1. The summed E-state index contributed by atoms with van der Waals surface area (Å²) >= 11 is 0. The molecule has 6 aromatic rings. The van der Waals surface area contributed by atoms with E-state index in [2.05, 4.69) is 4.99 Å². The number of ether oxygens (including phenoxy) is 1. The van der Waals surface area contributed by atoms with Gasteiger partial charge in [-0.05, 0) is 83.3 Å². The molecule has 1 atom stereocenters. The van der Waals surface area contributed by atoms with E-state index in [0.29, 0.717) is 16.3 Å². The number of hydrogen-bond donors (Lipinski definition) is 7. The maximum Gasteiger partial charge on any atom is 0.446 e. The number of rotatable bonds is 8. The third-order valence-corrected chi connectivity index (χ3v) is 10.8. The highest BCUT2D eigenvalue weighted by molar-refractivity contribution is 7.81. The number of hydrogen-bond acceptors (Lipinski definition) is 13. The molecule has 0 fully saturated rings. The summed E-state index contributed by atoms with van der Waals surface area (Å²) in [6, 6.07) is 28.6. The van der Waals surface area contributed by atoms with Gasteiger partial charge in [-0.2, -0.15) is 8.42 Å². The van der Waals surface area contributed by atoms with Crippen molar-refractivity contribution in [2.75, 3.05) is 11.4 Å². The third kappa shape index (κ3) is 5.63. The maximum atomic E-state index is 14.0. The van der Waals surface area contributed by atoms with Gasteiger partial charge in [0.05, 0.1) is 11.3 Å². The number of aromatic hydroxyl groups is 5.